The summed E-state index contributed by atoms with van der Waals surface area (Å²) in [5.74, 6) is 0. The third-order valence-electron chi connectivity index (χ3n) is 10.0. The van der Waals surface area contributed by atoms with E-state index in [4.69, 9.17) is 4.98 Å². The maximum atomic E-state index is 16.4. The monoisotopic (exact) mass is 644 g/mol. The lowest BCUT2D eigenvalue weighted by atomic mass is 9.93. The van der Waals surface area contributed by atoms with Crippen LogP contribution in [0.4, 0.5) is 0 Å². The lowest BCUT2D eigenvalue weighted by Gasteiger charge is -2.26. The van der Waals surface area contributed by atoms with E-state index >= 15 is 4.57 Å². The fourth-order valence-corrected chi connectivity index (χ4v) is 11.0. The van der Waals surface area contributed by atoms with Crippen LogP contribution in [-0.4, -0.2) is 9.38 Å². The Balaban J connectivity index is 1.40. The van der Waals surface area contributed by atoms with Gasteiger partial charge in [-0.05, 0) is 50.7 Å². The summed E-state index contributed by atoms with van der Waals surface area (Å²) in [5.41, 5.74) is 5.99. The van der Waals surface area contributed by atoms with Gasteiger partial charge in [-0.25, -0.2) is 4.98 Å². The van der Waals surface area contributed by atoms with E-state index in [1.165, 1.54) is 10.8 Å². The summed E-state index contributed by atoms with van der Waals surface area (Å²) in [6, 6.07) is 60.7. The topological polar surface area (TPSA) is 34.4 Å². The van der Waals surface area contributed by atoms with Crippen molar-refractivity contribution in [3.8, 4) is 11.1 Å². The molecule has 0 unspecified atom stereocenters. The van der Waals surface area contributed by atoms with Gasteiger partial charge in [-0.15, -0.1) is 0 Å². The fourth-order valence-electron chi connectivity index (χ4n) is 7.89. The van der Waals surface area contributed by atoms with Crippen molar-refractivity contribution in [2.75, 3.05) is 0 Å². The lowest BCUT2D eigenvalue weighted by molar-refractivity contribution is 0.592. The predicted molar refractivity (Wildman–Crippen MR) is 208 cm³/mol. The maximum absolute atomic E-state index is 16.4. The first-order chi connectivity index (χ1) is 24.2. The molecule has 10 aromatic rings. The molecule has 0 N–H and O–H groups in total. The van der Waals surface area contributed by atoms with Gasteiger partial charge in [0.1, 0.15) is 5.65 Å². The second-order valence-electron chi connectivity index (χ2n) is 12.6. The molecule has 0 bridgehead atoms. The highest BCUT2D eigenvalue weighted by Crippen LogP contribution is 2.50. The van der Waals surface area contributed by atoms with Crippen LogP contribution in [0, 0.1) is 0 Å². The number of hydrogen-bond donors (Lipinski definition) is 0. The number of pyridine rings is 1. The molecule has 0 saturated heterocycles. The molecule has 8 aromatic carbocycles. The molecule has 0 spiro atoms. The van der Waals surface area contributed by atoms with Gasteiger partial charge in [0.25, 0.3) is 0 Å². The predicted octanol–water partition coefficient (Wildman–Crippen LogP) is 10.4. The Hall–Kier alpha value is -6.02. The molecule has 0 aliphatic heterocycles. The Morgan fingerprint density at radius 3 is 1.57 bits per heavy atom. The highest BCUT2D eigenvalue weighted by atomic mass is 31.2. The van der Waals surface area contributed by atoms with Crippen LogP contribution < -0.4 is 15.9 Å². The van der Waals surface area contributed by atoms with Crippen molar-refractivity contribution < 1.29 is 4.57 Å². The molecule has 230 valence electrons. The Morgan fingerprint density at radius 2 is 0.918 bits per heavy atom. The Labute approximate surface area is 283 Å². The number of fused-ring (bicyclic) bond motifs is 11. The SMILES string of the molecule is O=P(c1ccccc1)(c1ccccc1)c1c(-c2ccc3nc4c5ccccc5c5ccccc5n4c3c2)c2ccccc2c2ccccc12. The quantitative estimate of drug-likeness (QED) is 0.141. The summed E-state index contributed by atoms with van der Waals surface area (Å²) in [6.07, 6.45) is 0. The number of benzene rings is 8. The standard InChI is InChI=1S/C45H29N2OP/c48-49(31-15-3-1-4-16-31,32-17-5-2-6-18-32)44-38-24-11-8-20-34(38)33-19-7-10-23-37(33)43(44)30-27-28-40-42(29-30)47-41-26-14-13-22-36(41)35-21-9-12-25-39(35)45(47)46-40/h1-29H. The molecule has 0 aliphatic carbocycles. The number of rotatable bonds is 4. The van der Waals surface area contributed by atoms with E-state index in [-0.39, 0.29) is 0 Å². The van der Waals surface area contributed by atoms with E-state index in [1.807, 2.05) is 60.7 Å². The zero-order valence-electron chi connectivity index (χ0n) is 26.5. The average Bonchev–Trinajstić information content (AvgIpc) is 3.57. The van der Waals surface area contributed by atoms with Gasteiger partial charge >= 0.3 is 0 Å². The van der Waals surface area contributed by atoms with Crippen molar-refractivity contribution in [1.29, 1.82) is 0 Å². The molecular formula is C45H29N2OP. The van der Waals surface area contributed by atoms with Gasteiger partial charge in [-0.3, -0.25) is 4.40 Å². The van der Waals surface area contributed by atoms with Gasteiger partial charge in [0.15, 0.2) is 7.14 Å². The van der Waals surface area contributed by atoms with Crippen LogP contribution >= 0.6 is 7.14 Å². The number of imidazole rings is 1. The Morgan fingerprint density at radius 1 is 0.429 bits per heavy atom. The van der Waals surface area contributed by atoms with Crippen molar-refractivity contribution in [3.63, 3.8) is 0 Å². The zero-order chi connectivity index (χ0) is 32.5. The molecule has 4 heteroatoms. The van der Waals surface area contributed by atoms with E-state index in [0.29, 0.717) is 0 Å². The van der Waals surface area contributed by atoms with E-state index in [0.717, 1.165) is 76.2 Å². The van der Waals surface area contributed by atoms with Gasteiger partial charge in [-0.2, -0.15) is 0 Å². The first-order valence-electron chi connectivity index (χ1n) is 16.6. The summed E-state index contributed by atoms with van der Waals surface area (Å²) in [6.45, 7) is 0. The van der Waals surface area contributed by atoms with Crippen LogP contribution in [0.1, 0.15) is 0 Å². The van der Waals surface area contributed by atoms with Gasteiger partial charge in [0.05, 0.1) is 16.6 Å². The van der Waals surface area contributed by atoms with Gasteiger partial charge in [-0.1, -0.05) is 158 Å². The largest absolute Gasteiger partial charge is 0.309 e. The zero-order valence-corrected chi connectivity index (χ0v) is 27.4. The van der Waals surface area contributed by atoms with E-state index in [2.05, 4.69) is 120 Å². The number of para-hydroxylation sites is 1. The smallest absolute Gasteiger partial charge is 0.172 e. The molecule has 10 rings (SSSR count). The van der Waals surface area contributed by atoms with Crippen LogP contribution in [0.5, 0.6) is 0 Å². The summed E-state index contributed by atoms with van der Waals surface area (Å²) in [7, 11) is -3.42. The highest BCUT2D eigenvalue weighted by Gasteiger charge is 2.35. The molecule has 0 atom stereocenters. The van der Waals surface area contributed by atoms with E-state index in [1.54, 1.807) is 0 Å². The van der Waals surface area contributed by atoms with Crippen LogP contribution in [0.3, 0.4) is 0 Å². The third-order valence-corrected chi connectivity index (χ3v) is 13.2. The number of hydrogen-bond acceptors (Lipinski definition) is 2. The van der Waals surface area contributed by atoms with Crippen LogP contribution in [-0.2, 0) is 4.57 Å². The summed E-state index contributed by atoms with van der Waals surface area (Å²) >= 11 is 0. The van der Waals surface area contributed by atoms with Gasteiger partial charge in [0, 0.05) is 32.2 Å². The molecule has 0 radical (unpaired) electrons. The van der Waals surface area contributed by atoms with Crippen molar-refractivity contribution in [3.05, 3.63) is 176 Å². The van der Waals surface area contributed by atoms with Crippen molar-refractivity contribution in [1.82, 2.24) is 9.38 Å². The van der Waals surface area contributed by atoms with Crippen molar-refractivity contribution >= 4 is 83.0 Å². The molecule has 0 saturated carbocycles. The number of aromatic nitrogens is 2. The molecule has 49 heavy (non-hydrogen) atoms. The number of nitrogens with zero attached hydrogens (tertiary/aromatic N) is 2. The molecule has 2 aromatic heterocycles. The molecule has 0 aliphatic rings. The minimum Gasteiger partial charge on any atom is -0.309 e. The average molecular weight is 645 g/mol. The Bertz CT molecular complexity index is 2920. The van der Waals surface area contributed by atoms with Crippen molar-refractivity contribution in [2.45, 2.75) is 0 Å². The molecule has 3 nitrogen and oxygen atoms in total. The van der Waals surface area contributed by atoms with Crippen molar-refractivity contribution in [2.24, 2.45) is 0 Å². The molecule has 0 amide bonds. The Kier molecular flexibility index (Phi) is 6.15. The second-order valence-corrected chi connectivity index (χ2v) is 15.3. The van der Waals surface area contributed by atoms with Gasteiger partial charge < -0.3 is 4.57 Å². The normalized spacial score (nSPS) is 12.2. The molecular weight excluding hydrogens is 615 g/mol. The summed E-state index contributed by atoms with van der Waals surface area (Å²) < 4.78 is 18.7. The third kappa shape index (κ3) is 4.03. The van der Waals surface area contributed by atoms with Crippen LogP contribution in [0.2, 0.25) is 0 Å². The van der Waals surface area contributed by atoms with E-state index in [9.17, 15) is 0 Å². The highest BCUT2D eigenvalue weighted by molar-refractivity contribution is 7.86. The minimum atomic E-state index is -3.42. The summed E-state index contributed by atoms with van der Waals surface area (Å²) in [5, 5.41) is 10.3. The van der Waals surface area contributed by atoms with Crippen LogP contribution in [0.15, 0.2) is 176 Å². The minimum absolute atomic E-state index is 0.816. The van der Waals surface area contributed by atoms with E-state index < -0.39 is 7.14 Å². The van der Waals surface area contributed by atoms with Gasteiger partial charge in [0.2, 0.25) is 0 Å². The summed E-state index contributed by atoms with van der Waals surface area (Å²) in [4.78, 5) is 5.22. The van der Waals surface area contributed by atoms with Crippen LogP contribution in [0.25, 0.3) is 71.0 Å². The first kappa shape index (κ1) is 28.0. The first-order valence-corrected chi connectivity index (χ1v) is 18.3. The molecule has 2 heterocycles. The lowest BCUT2D eigenvalue weighted by Crippen LogP contribution is -2.27. The fraction of sp³-hybridized carbons (Fsp3) is 0. The second kappa shape index (κ2) is 10.8. The molecule has 0 fully saturated rings. The maximum Gasteiger partial charge on any atom is 0.172 e.